The van der Waals surface area contributed by atoms with Crippen molar-refractivity contribution in [3.05, 3.63) is 59.8 Å². The summed E-state index contributed by atoms with van der Waals surface area (Å²) in [5, 5.41) is 0. The third kappa shape index (κ3) is 4.02. The molecule has 2 N–H and O–H groups in total. The van der Waals surface area contributed by atoms with Gasteiger partial charge in [-0.3, -0.25) is 9.80 Å². The summed E-state index contributed by atoms with van der Waals surface area (Å²) >= 11 is 0. The Balaban J connectivity index is 1.38. The molecule has 4 heteroatoms. The highest BCUT2D eigenvalue weighted by molar-refractivity contribution is 5.31. The second kappa shape index (κ2) is 7.54. The zero-order valence-corrected chi connectivity index (χ0v) is 14.8. The van der Waals surface area contributed by atoms with Crippen LogP contribution in [0.15, 0.2) is 48.7 Å². The minimum Gasteiger partial charge on any atom is -0.384 e. The van der Waals surface area contributed by atoms with Gasteiger partial charge in [0.2, 0.25) is 0 Å². The van der Waals surface area contributed by atoms with Crippen molar-refractivity contribution in [3.63, 3.8) is 0 Å². The Kier molecular flexibility index (Phi) is 4.99. The molecular weight excluding hydrogens is 308 g/mol. The minimum absolute atomic E-state index is 0.624. The average Bonchev–Trinajstić information content (AvgIpc) is 2.63. The van der Waals surface area contributed by atoms with E-state index >= 15 is 0 Å². The van der Waals surface area contributed by atoms with Crippen LogP contribution < -0.4 is 5.73 Å². The number of anilines is 1. The molecule has 4 nitrogen and oxygen atoms in total. The zero-order chi connectivity index (χ0) is 17.1. The number of aromatic nitrogens is 1. The van der Waals surface area contributed by atoms with Crippen LogP contribution in [0.3, 0.4) is 0 Å². The molecule has 0 radical (unpaired) electrons. The predicted octanol–water partition coefficient (Wildman–Crippen LogP) is 3.15. The number of nitrogens with zero attached hydrogens (tertiary/aromatic N) is 3. The fraction of sp³-hybridized carbons (Fsp3) is 0.476. The summed E-state index contributed by atoms with van der Waals surface area (Å²) in [4.78, 5) is 9.43. The first-order chi connectivity index (χ1) is 12.3. The van der Waals surface area contributed by atoms with Crippen LogP contribution in [-0.4, -0.2) is 40.5 Å². The van der Waals surface area contributed by atoms with Crippen LogP contribution in [0.2, 0.25) is 0 Å². The highest BCUT2D eigenvalue weighted by atomic mass is 15.2. The van der Waals surface area contributed by atoms with Gasteiger partial charge in [0, 0.05) is 31.9 Å². The lowest BCUT2D eigenvalue weighted by molar-refractivity contribution is 0.0156. The predicted molar refractivity (Wildman–Crippen MR) is 102 cm³/mol. The molecule has 2 atom stereocenters. The number of rotatable bonds is 4. The smallest absolute Gasteiger partial charge is 0.123 e. The number of likely N-dealkylation sites (tertiary alicyclic amines) is 2. The van der Waals surface area contributed by atoms with Crippen LogP contribution >= 0.6 is 0 Å². The minimum atomic E-state index is 0.624. The molecule has 2 fully saturated rings. The fourth-order valence-electron chi connectivity index (χ4n) is 4.59. The van der Waals surface area contributed by atoms with E-state index in [-0.39, 0.29) is 0 Å². The van der Waals surface area contributed by atoms with Crippen molar-refractivity contribution in [3.8, 4) is 0 Å². The molecule has 2 aromatic rings. The van der Waals surface area contributed by atoms with Crippen LogP contribution in [0.4, 0.5) is 5.82 Å². The van der Waals surface area contributed by atoms with E-state index in [9.17, 15) is 0 Å². The molecule has 4 rings (SSSR count). The number of hydrogen-bond donors (Lipinski definition) is 1. The maximum Gasteiger partial charge on any atom is 0.123 e. The molecule has 0 amide bonds. The van der Waals surface area contributed by atoms with Crippen molar-refractivity contribution in [2.75, 3.05) is 25.4 Å². The first kappa shape index (κ1) is 16.6. The quantitative estimate of drug-likeness (QED) is 0.932. The molecule has 2 aliphatic heterocycles. The van der Waals surface area contributed by atoms with Crippen molar-refractivity contribution >= 4 is 5.82 Å². The van der Waals surface area contributed by atoms with Crippen LogP contribution in [0.5, 0.6) is 0 Å². The molecular formula is C21H28N4. The van der Waals surface area contributed by atoms with Gasteiger partial charge < -0.3 is 5.73 Å². The molecule has 0 unspecified atom stereocenters. The maximum absolute atomic E-state index is 5.83. The molecule has 2 saturated heterocycles. The molecule has 0 bridgehead atoms. The summed E-state index contributed by atoms with van der Waals surface area (Å²) < 4.78 is 0. The Labute approximate surface area is 150 Å². The van der Waals surface area contributed by atoms with Crippen molar-refractivity contribution in [2.45, 2.75) is 38.4 Å². The zero-order valence-electron chi connectivity index (χ0n) is 14.8. The number of nitrogen functional groups attached to an aromatic ring is 1. The summed E-state index contributed by atoms with van der Waals surface area (Å²) in [5.74, 6) is 1.42. The standard InChI is InChI=1S/C21H28N4/c22-21-13-18(8-10-23-21)14-24-12-9-20-19(16-24)7-4-11-25(20)15-17-5-2-1-3-6-17/h1-3,5-6,8,10,13,19-20H,4,7,9,11-12,14-16H2,(H2,22,23)/t19-,20-/m1/s1. The molecule has 1 aromatic carbocycles. The summed E-state index contributed by atoms with van der Waals surface area (Å²) in [6, 6.07) is 15.8. The van der Waals surface area contributed by atoms with Gasteiger partial charge in [-0.1, -0.05) is 30.3 Å². The van der Waals surface area contributed by atoms with Crippen LogP contribution in [0, 0.1) is 5.92 Å². The Morgan fingerprint density at radius 1 is 1.00 bits per heavy atom. The largest absolute Gasteiger partial charge is 0.384 e. The molecule has 0 aliphatic carbocycles. The lowest BCUT2D eigenvalue weighted by Crippen LogP contribution is -2.53. The molecule has 25 heavy (non-hydrogen) atoms. The molecule has 0 saturated carbocycles. The lowest BCUT2D eigenvalue weighted by atomic mass is 9.83. The van der Waals surface area contributed by atoms with E-state index in [1.807, 2.05) is 12.3 Å². The number of piperidine rings is 2. The first-order valence-electron chi connectivity index (χ1n) is 9.49. The number of fused-ring (bicyclic) bond motifs is 1. The monoisotopic (exact) mass is 336 g/mol. The van der Waals surface area contributed by atoms with Gasteiger partial charge in [0.15, 0.2) is 0 Å². The fourth-order valence-corrected chi connectivity index (χ4v) is 4.59. The van der Waals surface area contributed by atoms with Gasteiger partial charge in [-0.15, -0.1) is 0 Å². The van der Waals surface area contributed by atoms with E-state index in [2.05, 4.69) is 51.2 Å². The van der Waals surface area contributed by atoms with Crippen LogP contribution in [-0.2, 0) is 13.1 Å². The Morgan fingerprint density at radius 2 is 1.88 bits per heavy atom. The van der Waals surface area contributed by atoms with Gasteiger partial charge in [0.25, 0.3) is 0 Å². The molecule has 132 valence electrons. The lowest BCUT2D eigenvalue weighted by Gasteiger charge is -2.47. The van der Waals surface area contributed by atoms with E-state index in [0.29, 0.717) is 5.82 Å². The number of hydrogen-bond acceptors (Lipinski definition) is 4. The van der Waals surface area contributed by atoms with Gasteiger partial charge in [-0.2, -0.15) is 0 Å². The summed E-state index contributed by atoms with van der Waals surface area (Å²) in [5.41, 5.74) is 8.55. The van der Waals surface area contributed by atoms with Gasteiger partial charge >= 0.3 is 0 Å². The molecule has 3 heterocycles. The molecule has 2 aliphatic rings. The Hall–Kier alpha value is -1.91. The second-order valence-electron chi connectivity index (χ2n) is 7.54. The highest BCUT2D eigenvalue weighted by Crippen LogP contribution is 2.32. The average molecular weight is 336 g/mol. The van der Waals surface area contributed by atoms with E-state index in [1.165, 1.54) is 50.0 Å². The van der Waals surface area contributed by atoms with Crippen LogP contribution in [0.25, 0.3) is 0 Å². The van der Waals surface area contributed by atoms with Crippen molar-refractivity contribution < 1.29 is 0 Å². The Bertz CT molecular complexity index is 687. The van der Waals surface area contributed by atoms with E-state index in [1.54, 1.807) is 0 Å². The normalized spacial score (nSPS) is 24.8. The maximum atomic E-state index is 5.83. The Morgan fingerprint density at radius 3 is 2.72 bits per heavy atom. The topological polar surface area (TPSA) is 45.4 Å². The highest BCUT2D eigenvalue weighted by Gasteiger charge is 2.35. The van der Waals surface area contributed by atoms with Crippen molar-refractivity contribution in [1.29, 1.82) is 0 Å². The number of benzene rings is 1. The van der Waals surface area contributed by atoms with Crippen molar-refractivity contribution in [1.82, 2.24) is 14.8 Å². The molecule has 0 spiro atoms. The SMILES string of the molecule is Nc1cc(CN2CC[C@@H]3[C@H](CCCN3Cc3ccccc3)C2)ccn1. The van der Waals surface area contributed by atoms with Gasteiger partial charge in [0.1, 0.15) is 5.82 Å². The summed E-state index contributed by atoms with van der Waals surface area (Å²) in [6.45, 7) is 5.72. The van der Waals surface area contributed by atoms with Crippen molar-refractivity contribution in [2.24, 2.45) is 5.92 Å². The van der Waals surface area contributed by atoms with Gasteiger partial charge in [-0.05, 0) is 61.5 Å². The van der Waals surface area contributed by atoms with Gasteiger partial charge in [0.05, 0.1) is 0 Å². The third-order valence-electron chi connectivity index (χ3n) is 5.75. The third-order valence-corrected chi connectivity index (χ3v) is 5.75. The van der Waals surface area contributed by atoms with E-state index in [4.69, 9.17) is 5.73 Å². The summed E-state index contributed by atoms with van der Waals surface area (Å²) in [6.07, 6.45) is 5.78. The molecule has 1 aromatic heterocycles. The first-order valence-corrected chi connectivity index (χ1v) is 9.49. The number of pyridine rings is 1. The van der Waals surface area contributed by atoms with E-state index < -0.39 is 0 Å². The second-order valence-corrected chi connectivity index (χ2v) is 7.54. The van der Waals surface area contributed by atoms with Gasteiger partial charge in [-0.25, -0.2) is 4.98 Å². The summed E-state index contributed by atoms with van der Waals surface area (Å²) in [7, 11) is 0. The van der Waals surface area contributed by atoms with Crippen LogP contribution in [0.1, 0.15) is 30.4 Å². The number of nitrogens with two attached hydrogens (primary N) is 1. The van der Waals surface area contributed by atoms with E-state index in [0.717, 1.165) is 25.0 Å².